The van der Waals surface area contributed by atoms with Crippen molar-refractivity contribution in [2.45, 2.75) is 14.6 Å². The van der Waals surface area contributed by atoms with E-state index in [0.29, 0.717) is 0 Å². The largest absolute Gasteiger partial charge is 0.150 e. The first-order valence-electron chi connectivity index (χ1n) is 2.24. The van der Waals surface area contributed by atoms with Crippen molar-refractivity contribution in [2.75, 3.05) is 0 Å². The molecule has 0 heterocycles. The van der Waals surface area contributed by atoms with Gasteiger partial charge in [0.05, 0.1) is 0 Å². The maximum Gasteiger partial charge on any atom is 0.150 e. The Labute approximate surface area is 76.9 Å². The maximum atomic E-state index is 5.77. The molecule has 0 bridgehead atoms. The highest BCUT2D eigenvalue weighted by molar-refractivity contribution is 14.1. The van der Waals surface area contributed by atoms with Crippen molar-refractivity contribution in [3.63, 3.8) is 0 Å². The molecule has 0 N–H and O–H groups in total. The van der Waals surface area contributed by atoms with Crippen molar-refractivity contribution in [2.24, 2.45) is 0 Å². The fourth-order valence-corrected chi connectivity index (χ4v) is 0.915. The predicted molar refractivity (Wildman–Crippen MR) is 51.0 cm³/mol. The van der Waals surface area contributed by atoms with E-state index < -0.39 is 0 Å². The Balaban J connectivity index is 3.24. The van der Waals surface area contributed by atoms with Crippen LogP contribution in [0.4, 0.5) is 0 Å². The van der Waals surface area contributed by atoms with Gasteiger partial charge in [-0.3, -0.25) is 0 Å². The topological polar surface area (TPSA) is 0 Å². The molecule has 0 saturated carbocycles. The van der Waals surface area contributed by atoms with Gasteiger partial charge in [-0.05, 0) is 35.4 Å². The lowest BCUT2D eigenvalue weighted by Gasteiger charge is -2.07. The molecule has 1 unspecified atom stereocenters. The molecule has 0 aliphatic heterocycles. The Kier molecular flexibility index (Phi) is 4.76. The Morgan fingerprint density at radius 1 is 1.88 bits per heavy atom. The van der Waals surface area contributed by atoms with Gasteiger partial charge in [-0.25, -0.2) is 0 Å². The zero-order valence-corrected chi connectivity index (χ0v) is 8.83. The average molecular weight is 309 g/mol. The van der Waals surface area contributed by atoms with Gasteiger partial charge in [-0.1, -0.05) is 33.6 Å². The number of rotatable bonds is 3. The minimum absolute atomic E-state index is 0.265. The van der Waals surface area contributed by atoms with Crippen molar-refractivity contribution in [1.82, 2.24) is 0 Å². The summed E-state index contributed by atoms with van der Waals surface area (Å²) in [5.41, 5.74) is 0. The van der Waals surface area contributed by atoms with Gasteiger partial charge in [0.1, 0.15) is 1.79 Å². The van der Waals surface area contributed by atoms with E-state index >= 15 is 0 Å². The van der Waals surface area contributed by atoms with Crippen LogP contribution in [0, 0.1) is 0 Å². The Morgan fingerprint density at radius 2 is 2.38 bits per heavy atom. The zero-order chi connectivity index (χ0) is 6.62. The average Bonchev–Trinajstić information content (AvgIpc) is 1.59. The summed E-state index contributed by atoms with van der Waals surface area (Å²) in [6.45, 7) is 3.58. The standard InChI is InChI=1S/C5H7BrClI/c1-2-3-4-5(6,7)8/h2H,1,3-4H2. The highest BCUT2D eigenvalue weighted by atomic mass is 127. The molecule has 0 radical (unpaired) electrons. The third-order valence-electron chi connectivity index (χ3n) is 0.632. The molecular weight excluding hydrogens is 302 g/mol. The molecule has 0 aliphatic carbocycles. The van der Waals surface area contributed by atoms with Crippen LogP contribution < -0.4 is 0 Å². The van der Waals surface area contributed by atoms with E-state index in [-0.39, 0.29) is 1.79 Å². The Bertz CT molecular complexity index is 77.0. The molecule has 0 spiro atoms. The van der Waals surface area contributed by atoms with E-state index in [1.54, 1.807) is 0 Å². The van der Waals surface area contributed by atoms with E-state index in [1.165, 1.54) is 0 Å². The van der Waals surface area contributed by atoms with Gasteiger partial charge in [0.25, 0.3) is 0 Å². The van der Waals surface area contributed by atoms with Crippen LogP contribution in [0.15, 0.2) is 12.7 Å². The monoisotopic (exact) mass is 308 g/mol. The van der Waals surface area contributed by atoms with Crippen LogP contribution in [0.3, 0.4) is 0 Å². The zero-order valence-electron chi connectivity index (χ0n) is 4.33. The predicted octanol–water partition coefficient (Wildman–Crippen LogP) is 3.68. The second-order valence-corrected chi connectivity index (χ2v) is 7.86. The first-order valence-corrected chi connectivity index (χ1v) is 4.49. The van der Waals surface area contributed by atoms with E-state index in [4.69, 9.17) is 11.6 Å². The summed E-state index contributed by atoms with van der Waals surface area (Å²) in [5.74, 6) is 0. The fraction of sp³-hybridized carbons (Fsp3) is 0.600. The third-order valence-corrected chi connectivity index (χ3v) is 1.76. The van der Waals surface area contributed by atoms with Crippen LogP contribution in [-0.4, -0.2) is 1.79 Å². The highest BCUT2D eigenvalue weighted by Crippen LogP contribution is 2.36. The molecule has 8 heavy (non-hydrogen) atoms. The molecule has 0 fully saturated rings. The third kappa shape index (κ3) is 7.24. The molecule has 0 aromatic carbocycles. The molecule has 0 saturated heterocycles. The van der Waals surface area contributed by atoms with Gasteiger partial charge in [0.15, 0.2) is 0 Å². The minimum Gasteiger partial charge on any atom is -0.103 e. The molecule has 3 heteroatoms. The molecule has 48 valence electrons. The minimum atomic E-state index is -0.265. The summed E-state index contributed by atoms with van der Waals surface area (Å²) in [5, 5.41) is 0. The summed E-state index contributed by atoms with van der Waals surface area (Å²) < 4.78 is -0.265. The summed E-state index contributed by atoms with van der Waals surface area (Å²) in [6.07, 6.45) is 3.73. The van der Waals surface area contributed by atoms with Gasteiger partial charge in [-0.2, -0.15) is 0 Å². The summed E-state index contributed by atoms with van der Waals surface area (Å²) in [7, 11) is 0. The summed E-state index contributed by atoms with van der Waals surface area (Å²) in [6, 6.07) is 0. The smallest absolute Gasteiger partial charge is 0.103 e. The number of halogens is 3. The van der Waals surface area contributed by atoms with Crippen LogP contribution in [0.2, 0.25) is 0 Å². The summed E-state index contributed by atoms with van der Waals surface area (Å²) in [4.78, 5) is 0. The first kappa shape index (κ1) is 9.24. The molecule has 0 aromatic heterocycles. The number of allylic oxidation sites excluding steroid dienone is 1. The van der Waals surface area contributed by atoms with E-state index in [2.05, 4.69) is 45.1 Å². The van der Waals surface area contributed by atoms with E-state index in [9.17, 15) is 0 Å². The van der Waals surface area contributed by atoms with Crippen molar-refractivity contribution >= 4 is 50.1 Å². The van der Waals surface area contributed by atoms with Crippen molar-refractivity contribution in [3.05, 3.63) is 12.7 Å². The number of hydrogen-bond donors (Lipinski definition) is 0. The molecule has 0 rings (SSSR count). The van der Waals surface area contributed by atoms with Gasteiger partial charge in [0, 0.05) is 0 Å². The Morgan fingerprint density at radius 3 is 2.50 bits per heavy atom. The second kappa shape index (κ2) is 4.12. The quantitative estimate of drug-likeness (QED) is 0.424. The van der Waals surface area contributed by atoms with E-state index in [0.717, 1.165) is 12.8 Å². The van der Waals surface area contributed by atoms with Crippen LogP contribution in [0.1, 0.15) is 12.8 Å². The lowest BCUT2D eigenvalue weighted by Crippen LogP contribution is -1.96. The first-order chi connectivity index (χ1) is 3.56. The highest BCUT2D eigenvalue weighted by Gasteiger charge is 2.15. The number of hydrogen-bond acceptors (Lipinski definition) is 0. The lowest BCUT2D eigenvalue weighted by molar-refractivity contribution is 0.927. The van der Waals surface area contributed by atoms with Crippen molar-refractivity contribution in [3.8, 4) is 0 Å². The fourth-order valence-electron chi connectivity index (χ4n) is 0.266. The molecule has 0 nitrogen and oxygen atoms in total. The normalized spacial score (nSPS) is 17.4. The number of alkyl halides is 3. The van der Waals surface area contributed by atoms with Gasteiger partial charge >= 0.3 is 0 Å². The lowest BCUT2D eigenvalue weighted by atomic mass is 10.3. The maximum absolute atomic E-state index is 5.77. The van der Waals surface area contributed by atoms with Crippen molar-refractivity contribution < 1.29 is 0 Å². The van der Waals surface area contributed by atoms with E-state index in [1.807, 2.05) is 6.08 Å². The van der Waals surface area contributed by atoms with Crippen LogP contribution >= 0.6 is 50.1 Å². The van der Waals surface area contributed by atoms with Crippen molar-refractivity contribution in [1.29, 1.82) is 0 Å². The molecule has 0 aromatic rings. The molecule has 1 atom stereocenters. The molecule has 0 aliphatic rings. The van der Waals surface area contributed by atoms with Gasteiger partial charge in [0.2, 0.25) is 0 Å². The molecule has 0 amide bonds. The summed E-state index contributed by atoms with van der Waals surface area (Å²) >= 11 is 11.2. The Hall–Kier alpha value is 1.24. The van der Waals surface area contributed by atoms with Crippen LogP contribution in [0.25, 0.3) is 0 Å². The van der Waals surface area contributed by atoms with Crippen LogP contribution in [0.5, 0.6) is 0 Å². The SMILES string of the molecule is C=CCCC(Cl)(Br)I. The van der Waals surface area contributed by atoms with Gasteiger partial charge < -0.3 is 0 Å². The van der Waals surface area contributed by atoms with Crippen LogP contribution in [-0.2, 0) is 0 Å². The second-order valence-electron chi connectivity index (χ2n) is 1.44. The van der Waals surface area contributed by atoms with Gasteiger partial charge in [-0.15, -0.1) is 6.58 Å². The molecular formula is C5H7BrClI.